The van der Waals surface area contributed by atoms with E-state index in [0.717, 1.165) is 34.3 Å². The molecule has 1 aromatic heterocycles. The molecule has 0 saturated heterocycles. The molecule has 2 heteroatoms. The van der Waals surface area contributed by atoms with Gasteiger partial charge in [-0.1, -0.05) is 32.0 Å². The summed E-state index contributed by atoms with van der Waals surface area (Å²) in [5, 5.41) is 1.14. The van der Waals surface area contributed by atoms with Crippen molar-refractivity contribution in [3.63, 3.8) is 0 Å². The van der Waals surface area contributed by atoms with E-state index in [0.29, 0.717) is 5.92 Å². The molecule has 0 spiro atoms. The normalized spacial score (nSPS) is 11.1. The Balaban J connectivity index is 2.57. The van der Waals surface area contributed by atoms with Crippen LogP contribution in [0, 0.1) is 12.8 Å². The molecule has 2 rings (SSSR count). The molecule has 0 bridgehead atoms. The molecule has 0 N–H and O–H groups in total. The fourth-order valence-electron chi connectivity index (χ4n) is 2.09. The van der Waals surface area contributed by atoms with Gasteiger partial charge in [-0.05, 0) is 30.9 Å². The second-order valence-electron chi connectivity index (χ2n) is 4.89. The molecule has 0 fully saturated rings. The first kappa shape index (κ1) is 11.9. The molecule has 1 aromatic carbocycles. The second kappa shape index (κ2) is 4.74. The summed E-state index contributed by atoms with van der Waals surface area (Å²) < 4.78 is 5.46. The first-order valence-electron chi connectivity index (χ1n) is 6.05. The fourth-order valence-corrected chi connectivity index (χ4v) is 2.09. The third-order valence-electron chi connectivity index (χ3n) is 2.89. The van der Waals surface area contributed by atoms with E-state index in [4.69, 9.17) is 9.72 Å². The van der Waals surface area contributed by atoms with Crippen LogP contribution < -0.4 is 4.74 Å². The first-order chi connectivity index (χ1) is 8.11. The smallest absolute Gasteiger partial charge is 0.147 e. The van der Waals surface area contributed by atoms with Crippen molar-refractivity contribution in [1.29, 1.82) is 0 Å². The minimum atomic E-state index is 0.621. The van der Waals surface area contributed by atoms with E-state index in [9.17, 15) is 0 Å². The highest BCUT2D eigenvalue weighted by Gasteiger charge is 2.08. The summed E-state index contributed by atoms with van der Waals surface area (Å²) >= 11 is 0. The second-order valence-corrected chi connectivity index (χ2v) is 4.89. The third kappa shape index (κ3) is 2.41. The summed E-state index contributed by atoms with van der Waals surface area (Å²) in [7, 11) is 1.71. The Labute approximate surface area is 103 Å². The van der Waals surface area contributed by atoms with E-state index in [1.807, 2.05) is 0 Å². The van der Waals surface area contributed by atoms with Crippen molar-refractivity contribution in [2.75, 3.05) is 7.11 Å². The quantitative estimate of drug-likeness (QED) is 0.799. The SMILES string of the molecule is COc1c(C)ccc2ccc(CC(C)C)nc12. The van der Waals surface area contributed by atoms with Gasteiger partial charge in [-0.15, -0.1) is 0 Å². The van der Waals surface area contributed by atoms with Gasteiger partial charge in [0, 0.05) is 11.1 Å². The van der Waals surface area contributed by atoms with Gasteiger partial charge in [-0.2, -0.15) is 0 Å². The van der Waals surface area contributed by atoms with E-state index in [1.165, 1.54) is 0 Å². The predicted molar refractivity (Wildman–Crippen MR) is 71.6 cm³/mol. The van der Waals surface area contributed by atoms with Gasteiger partial charge in [0.05, 0.1) is 7.11 Å². The zero-order valence-corrected chi connectivity index (χ0v) is 10.9. The van der Waals surface area contributed by atoms with Gasteiger partial charge in [-0.25, -0.2) is 4.98 Å². The molecule has 17 heavy (non-hydrogen) atoms. The highest BCUT2D eigenvalue weighted by molar-refractivity contribution is 5.86. The molecule has 0 unspecified atom stereocenters. The molecular formula is C15H19NO. The molecule has 1 heterocycles. The van der Waals surface area contributed by atoms with Crippen LogP contribution in [0.2, 0.25) is 0 Å². The van der Waals surface area contributed by atoms with Crippen molar-refractivity contribution in [2.24, 2.45) is 5.92 Å². The van der Waals surface area contributed by atoms with Crippen molar-refractivity contribution in [1.82, 2.24) is 4.98 Å². The van der Waals surface area contributed by atoms with Gasteiger partial charge in [0.1, 0.15) is 11.3 Å². The number of nitrogens with zero attached hydrogens (tertiary/aromatic N) is 1. The topological polar surface area (TPSA) is 22.1 Å². The van der Waals surface area contributed by atoms with Crippen molar-refractivity contribution in [3.8, 4) is 5.75 Å². The van der Waals surface area contributed by atoms with E-state index >= 15 is 0 Å². The maximum absolute atomic E-state index is 5.46. The molecule has 90 valence electrons. The number of pyridine rings is 1. The Kier molecular flexibility index (Phi) is 3.32. The number of hydrogen-bond donors (Lipinski definition) is 0. The minimum Gasteiger partial charge on any atom is -0.494 e. The van der Waals surface area contributed by atoms with Crippen molar-refractivity contribution in [3.05, 3.63) is 35.5 Å². The molecule has 0 amide bonds. The van der Waals surface area contributed by atoms with Gasteiger partial charge >= 0.3 is 0 Å². The van der Waals surface area contributed by atoms with E-state index < -0.39 is 0 Å². The van der Waals surface area contributed by atoms with Gasteiger partial charge in [0.15, 0.2) is 0 Å². The number of ether oxygens (including phenoxy) is 1. The summed E-state index contributed by atoms with van der Waals surface area (Å²) in [5.74, 6) is 1.52. The van der Waals surface area contributed by atoms with Gasteiger partial charge in [-0.3, -0.25) is 0 Å². The van der Waals surface area contributed by atoms with Crippen LogP contribution in [0.3, 0.4) is 0 Å². The van der Waals surface area contributed by atoms with Crippen LogP contribution in [-0.4, -0.2) is 12.1 Å². The fraction of sp³-hybridized carbons (Fsp3) is 0.400. The summed E-state index contributed by atoms with van der Waals surface area (Å²) in [6, 6.07) is 8.41. The summed E-state index contributed by atoms with van der Waals surface area (Å²) in [5.41, 5.74) is 3.25. The van der Waals surface area contributed by atoms with Crippen LogP contribution in [0.1, 0.15) is 25.1 Å². The molecule has 2 nitrogen and oxygen atoms in total. The van der Waals surface area contributed by atoms with Crippen LogP contribution >= 0.6 is 0 Å². The van der Waals surface area contributed by atoms with Crippen molar-refractivity contribution >= 4 is 10.9 Å². The minimum absolute atomic E-state index is 0.621. The number of aromatic nitrogens is 1. The molecular weight excluding hydrogens is 210 g/mol. The van der Waals surface area contributed by atoms with E-state index in [-0.39, 0.29) is 0 Å². The van der Waals surface area contributed by atoms with Crippen LogP contribution in [0.5, 0.6) is 5.75 Å². The zero-order chi connectivity index (χ0) is 12.4. The number of fused-ring (bicyclic) bond motifs is 1. The summed E-state index contributed by atoms with van der Waals surface area (Å²) in [6.07, 6.45) is 1.01. The number of rotatable bonds is 3. The molecule has 2 aromatic rings. The number of aryl methyl sites for hydroxylation is 1. The monoisotopic (exact) mass is 229 g/mol. The Morgan fingerprint density at radius 1 is 1.18 bits per heavy atom. The number of methoxy groups -OCH3 is 1. The lowest BCUT2D eigenvalue weighted by Crippen LogP contribution is -1.99. The Bertz CT molecular complexity index is 532. The highest BCUT2D eigenvalue weighted by atomic mass is 16.5. The van der Waals surface area contributed by atoms with Crippen molar-refractivity contribution in [2.45, 2.75) is 27.2 Å². The lowest BCUT2D eigenvalue weighted by Gasteiger charge is -2.10. The molecule has 0 aliphatic heterocycles. The van der Waals surface area contributed by atoms with Gasteiger partial charge < -0.3 is 4.74 Å². The zero-order valence-electron chi connectivity index (χ0n) is 10.9. The lowest BCUT2D eigenvalue weighted by atomic mass is 10.1. The molecule has 0 atom stereocenters. The van der Waals surface area contributed by atoms with Gasteiger partial charge in [0.2, 0.25) is 0 Å². The first-order valence-corrected chi connectivity index (χ1v) is 6.05. The van der Waals surface area contributed by atoms with Crippen molar-refractivity contribution < 1.29 is 4.74 Å². The highest BCUT2D eigenvalue weighted by Crippen LogP contribution is 2.28. The average Bonchev–Trinajstić information content (AvgIpc) is 2.28. The average molecular weight is 229 g/mol. The molecule has 0 saturated carbocycles. The predicted octanol–water partition coefficient (Wildman–Crippen LogP) is 3.75. The number of benzene rings is 1. The van der Waals surface area contributed by atoms with Gasteiger partial charge in [0.25, 0.3) is 0 Å². The van der Waals surface area contributed by atoms with Crippen LogP contribution in [0.15, 0.2) is 24.3 Å². The Morgan fingerprint density at radius 3 is 2.53 bits per heavy atom. The summed E-state index contributed by atoms with van der Waals surface area (Å²) in [6.45, 7) is 6.47. The number of hydrogen-bond acceptors (Lipinski definition) is 2. The van der Waals surface area contributed by atoms with E-state index in [1.54, 1.807) is 7.11 Å². The molecule has 0 radical (unpaired) electrons. The summed E-state index contributed by atoms with van der Waals surface area (Å²) in [4.78, 5) is 4.72. The largest absolute Gasteiger partial charge is 0.494 e. The van der Waals surface area contributed by atoms with Crippen LogP contribution in [0.4, 0.5) is 0 Å². The standard InChI is InChI=1S/C15H19NO/c1-10(2)9-13-8-7-12-6-5-11(3)15(17-4)14(12)16-13/h5-8,10H,9H2,1-4H3. The third-order valence-corrected chi connectivity index (χ3v) is 2.89. The maximum Gasteiger partial charge on any atom is 0.147 e. The van der Waals surface area contributed by atoms with E-state index in [2.05, 4.69) is 45.0 Å². The molecule has 0 aliphatic carbocycles. The van der Waals surface area contributed by atoms with Crippen LogP contribution in [0.25, 0.3) is 10.9 Å². The maximum atomic E-state index is 5.46. The Hall–Kier alpha value is -1.57. The van der Waals surface area contributed by atoms with Crippen LogP contribution in [-0.2, 0) is 6.42 Å². The Morgan fingerprint density at radius 2 is 1.88 bits per heavy atom. The lowest BCUT2D eigenvalue weighted by molar-refractivity contribution is 0.415. The molecule has 0 aliphatic rings.